The van der Waals surface area contributed by atoms with Crippen molar-refractivity contribution in [2.24, 2.45) is 0 Å². The summed E-state index contributed by atoms with van der Waals surface area (Å²) < 4.78 is 11.9. The molecule has 0 aliphatic carbocycles. The monoisotopic (exact) mass is 270 g/mol. The molecule has 1 aromatic rings. The molecule has 1 rings (SSSR count). The van der Waals surface area contributed by atoms with E-state index in [2.05, 4.69) is 4.98 Å². The van der Waals surface area contributed by atoms with E-state index in [4.69, 9.17) is 14.6 Å². The number of aromatic carboxylic acids is 1. The van der Waals surface area contributed by atoms with Crippen LogP contribution in [-0.4, -0.2) is 40.1 Å². The molecule has 106 valence electrons. The maximum atomic E-state index is 12.0. The average Bonchev–Trinajstić information content (AvgIpc) is 2.34. The van der Waals surface area contributed by atoms with Crippen molar-refractivity contribution in [2.45, 2.75) is 33.6 Å². The van der Waals surface area contributed by atoms with Crippen molar-refractivity contribution in [2.75, 3.05) is 13.2 Å². The Morgan fingerprint density at radius 1 is 1.42 bits per heavy atom. The van der Waals surface area contributed by atoms with Crippen molar-refractivity contribution in [3.05, 3.63) is 27.9 Å². The number of carboxylic acids is 1. The Balaban J connectivity index is 3.08. The summed E-state index contributed by atoms with van der Waals surface area (Å²) in [5.41, 5.74) is -0.971. The standard InChI is InChI=1S/C12H18N2O5/c1-4-18-10(19-5-2)7-14-8(3)13-6-9(11(14)15)12(16)17/h6,10H,4-5,7H2,1-3H3,(H,16,17). The molecule has 0 spiro atoms. The van der Waals surface area contributed by atoms with Crippen molar-refractivity contribution in [1.82, 2.24) is 9.55 Å². The normalized spacial score (nSPS) is 10.9. The van der Waals surface area contributed by atoms with Gasteiger partial charge in [0, 0.05) is 19.4 Å². The van der Waals surface area contributed by atoms with Gasteiger partial charge in [0.15, 0.2) is 6.29 Å². The predicted molar refractivity (Wildman–Crippen MR) is 67.2 cm³/mol. The fraction of sp³-hybridized carbons (Fsp3) is 0.583. The molecule has 0 radical (unpaired) electrons. The van der Waals surface area contributed by atoms with E-state index >= 15 is 0 Å². The molecule has 0 aromatic carbocycles. The van der Waals surface area contributed by atoms with Crippen LogP contribution < -0.4 is 5.56 Å². The second kappa shape index (κ2) is 7.01. The van der Waals surface area contributed by atoms with Gasteiger partial charge in [-0.3, -0.25) is 9.36 Å². The Kier molecular flexibility index (Phi) is 5.65. The lowest BCUT2D eigenvalue weighted by Crippen LogP contribution is -2.35. The summed E-state index contributed by atoms with van der Waals surface area (Å²) in [4.78, 5) is 26.8. The van der Waals surface area contributed by atoms with Gasteiger partial charge >= 0.3 is 5.97 Å². The van der Waals surface area contributed by atoms with Crippen LogP contribution >= 0.6 is 0 Å². The smallest absolute Gasteiger partial charge is 0.342 e. The number of carbonyl (C=O) groups is 1. The zero-order valence-electron chi connectivity index (χ0n) is 11.3. The molecule has 1 aromatic heterocycles. The van der Waals surface area contributed by atoms with Gasteiger partial charge in [-0.15, -0.1) is 0 Å². The third kappa shape index (κ3) is 3.87. The van der Waals surface area contributed by atoms with Crippen LogP contribution in [0.5, 0.6) is 0 Å². The SMILES string of the molecule is CCOC(Cn1c(C)ncc(C(=O)O)c1=O)OCC. The average molecular weight is 270 g/mol. The summed E-state index contributed by atoms with van der Waals surface area (Å²) in [6, 6.07) is 0. The van der Waals surface area contributed by atoms with Crippen LogP contribution in [0.1, 0.15) is 30.0 Å². The van der Waals surface area contributed by atoms with E-state index < -0.39 is 17.8 Å². The molecule has 0 amide bonds. The van der Waals surface area contributed by atoms with Gasteiger partial charge in [-0.25, -0.2) is 9.78 Å². The Morgan fingerprint density at radius 2 is 2.00 bits per heavy atom. The first kappa shape index (κ1) is 15.3. The number of aryl methyl sites for hydroxylation is 1. The maximum absolute atomic E-state index is 12.0. The summed E-state index contributed by atoms with van der Waals surface area (Å²) in [6.07, 6.45) is 0.463. The molecule has 7 heteroatoms. The number of hydrogen-bond donors (Lipinski definition) is 1. The Labute approximate surface area is 110 Å². The first-order chi connectivity index (χ1) is 9.01. The Hall–Kier alpha value is -1.73. The fourth-order valence-corrected chi connectivity index (χ4v) is 1.61. The molecule has 0 fully saturated rings. The molecular weight excluding hydrogens is 252 g/mol. The van der Waals surface area contributed by atoms with Crippen LogP contribution in [0.15, 0.2) is 11.0 Å². The first-order valence-corrected chi connectivity index (χ1v) is 6.04. The van der Waals surface area contributed by atoms with Gasteiger partial charge in [0.2, 0.25) is 0 Å². The molecule has 0 saturated heterocycles. The number of rotatable bonds is 7. The Bertz CT molecular complexity index is 491. The van der Waals surface area contributed by atoms with Gasteiger partial charge < -0.3 is 14.6 Å². The highest BCUT2D eigenvalue weighted by Crippen LogP contribution is 2.02. The molecule has 7 nitrogen and oxygen atoms in total. The quantitative estimate of drug-likeness (QED) is 0.731. The van der Waals surface area contributed by atoms with Gasteiger partial charge in [-0.05, 0) is 20.8 Å². The molecule has 0 bridgehead atoms. The highest BCUT2D eigenvalue weighted by molar-refractivity contribution is 5.86. The zero-order chi connectivity index (χ0) is 14.4. The molecule has 0 atom stereocenters. The summed E-state index contributed by atoms with van der Waals surface area (Å²) in [7, 11) is 0. The molecule has 1 N–H and O–H groups in total. The van der Waals surface area contributed by atoms with Crippen molar-refractivity contribution < 1.29 is 19.4 Å². The Morgan fingerprint density at radius 3 is 2.47 bits per heavy atom. The van der Waals surface area contributed by atoms with E-state index in [0.717, 1.165) is 6.20 Å². The first-order valence-electron chi connectivity index (χ1n) is 6.04. The molecule has 0 unspecified atom stereocenters. The van der Waals surface area contributed by atoms with Gasteiger partial charge in [-0.1, -0.05) is 0 Å². The van der Waals surface area contributed by atoms with Gasteiger partial charge in [0.25, 0.3) is 5.56 Å². The van der Waals surface area contributed by atoms with Gasteiger partial charge in [-0.2, -0.15) is 0 Å². The van der Waals surface area contributed by atoms with Crippen LogP contribution in [0.4, 0.5) is 0 Å². The van der Waals surface area contributed by atoms with Crippen LogP contribution in [0, 0.1) is 6.92 Å². The lowest BCUT2D eigenvalue weighted by atomic mass is 10.3. The molecule has 0 saturated carbocycles. The topological polar surface area (TPSA) is 90.7 Å². The van der Waals surface area contributed by atoms with E-state index in [1.807, 2.05) is 13.8 Å². The number of carboxylic acid groups (broad SMARTS) is 1. The third-order valence-electron chi connectivity index (χ3n) is 2.51. The lowest BCUT2D eigenvalue weighted by Gasteiger charge is -2.19. The van der Waals surface area contributed by atoms with E-state index in [9.17, 15) is 9.59 Å². The van der Waals surface area contributed by atoms with Crippen molar-refractivity contribution >= 4 is 5.97 Å². The number of ether oxygens (including phenoxy) is 2. The summed E-state index contributed by atoms with van der Waals surface area (Å²) >= 11 is 0. The number of aromatic nitrogens is 2. The summed E-state index contributed by atoms with van der Waals surface area (Å²) in [5, 5.41) is 8.91. The van der Waals surface area contributed by atoms with Crippen molar-refractivity contribution in [1.29, 1.82) is 0 Å². The summed E-state index contributed by atoms with van der Waals surface area (Å²) in [5.74, 6) is -0.880. The van der Waals surface area contributed by atoms with E-state index in [0.29, 0.717) is 19.0 Å². The molecule has 19 heavy (non-hydrogen) atoms. The molecular formula is C12H18N2O5. The van der Waals surface area contributed by atoms with Crippen LogP contribution in [0.2, 0.25) is 0 Å². The third-order valence-corrected chi connectivity index (χ3v) is 2.51. The van der Waals surface area contributed by atoms with Gasteiger partial charge in [0.1, 0.15) is 11.4 Å². The maximum Gasteiger partial charge on any atom is 0.342 e. The second-order valence-corrected chi connectivity index (χ2v) is 3.78. The van der Waals surface area contributed by atoms with Crippen molar-refractivity contribution in [3.63, 3.8) is 0 Å². The largest absolute Gasteiger partial charge is 0.477 e. The van der Waals surface area contributed by atoms with E-state index in [-0.39, 0.29) is 12.1 Å². The van der Waals surface area contributed by atoms with Crippen molar-refractivity contribution in [3.8, 4) is 0 Å². The van der Waals surface area contributed by atoms with E-state index in [1.165, 1.54) is 4.57 Å². The fourth-order valence-electron chi connectivity index (χ4n) is 1.61. The van der Waals surface area contributed by atoms with Gasteiger partial charge in [0.05, 0.1) is 6.54 Å². The predicted octanol–water partition coefficient (Wildman–Crippen LogP) is 0.649. The second-order valence-electron chi connectivity index (χ2n) is 3.78. The minimum atomic E-state index is -1.30. The minimum Gasteiger partial charge on any atom is -0.477 e. The highest BCUT2D eigenvalue weighted by Gasteiger charge is 2.17. The number of nitrogens with zero attached hydrogens (tertiary/aromatic N) is 2. The van der Waals surface area contributed by atoms with Crippen LogP contribution in [0.25, 0.3) is 0 Å². The summed E-state index contributed by atoms with van der Waals surface area (Å²) in [6.45, 7) is 6.23. The van der Waals surface area contributed by atoms with Crippen LogP contribution in [0.3, 0.4) is 0 Å². The van der Waals surface area contributed by atoms with Crippen LogP contribution in [-0.2, 0) is 16.0 Å². The molecule has 0 aliphatic heterocycles. The number of hydrogen-bond acceptors (Lipinski definition) is 5. The lowest BCUT2D eigenvalue weighted by molar-refractivity contribution is -0.144. The molecule has 1 heterocycles. The highest BCUT2D eigenvalue weighted by atomic mass is 16.7. The minimum absolute atomic E-state index is 0.112. The van der Waals surface area contributed by atoms with E-state index in [1.54, 1.807) is 6.92 Å². The molecule has 0 aliphatic rings. The zero-order valence-corrected chi connectivity index (χ0v) is 11.3.